The third-order valence-corrected chi connectivity index (χ3v) is 3.05. The van der Waals surface area contributed by atoms with Gasteiger partial charge in [-0.05, 0) is 36.8 Å². The minimum atomic E-state index is -1.05. The Morgan fingerprint density at radius 1 is 1.16 bits per heavy atom. The molecule has 19 heavy (non-hydrogen) atoms. The minimum Gasteiger partial charge on any atom is -0.493 e. The fourth-order valence-electron chi connectivity index (χ4n) is 2.06. The first-order chi connectivity index (χ1) is 9.06. The predicted molar refractivity (Wildman–Crippen MR) is 71.5 cm³/mol. The number of ether oxygens (including phenoxy) is 2. The molecule has 0 aliphatic heterocycles. The third-order valence-electron chi connectivity index (χ3n) is 3.05. The molecule has 1 atom stereocenters. The smallest absolute Gasteiger partial charge is 0.160 e. The molecular weight excluding hydrogens is 244 g/mol. The highest BCUT2D eigenvalue weighted by Crippen LogP contribution is 2.31. The van der Waals surface area contributed by atoms with E-state index in [1.54, 1.807) is 39.5 Å². The number of furan rings is 1. The highest BCUT2D eigenvalue weighted by molar-refractivity contribution is 5.43. The number of rotatable bonds is 5. The summed E-state index contributed by atoms with van der Waals surface area (Å²) >= 11 is 0. The van der Waals surface area contributed by atoms with E-state index >= 15 is 0 Å². The summed E-state index contributed by atoms with van der Waals surface area (Å²) in [7, 11) is 3.18. The van der Waals surface area contributed by atoms with E-state index in [0.29, 0.717) is 23.7 Å². The molecule has 4 heteroatoms. The zero-order chi connectivity index (χ0) is 13.9. The van der Waals surface area contributed by atoms with Crippen LogP contribution in [0.4, 0.5) is 0 Å². The van der Waals surface area contributed by atoms with Crippen molar-refractivity contribution in [3.8, 4) is 11.5 Å². The van der Waals surface area contributed by atoms with Crippen molar-refractivity contribution >= 4 is 0 Å². The first kappa shape index (κ1) is 13.5. The molecule has 2 rings (SSSR count). The molecule has 0 fully saturated rings. The molecule has 1 aromatic carbocycles. The Kier molecular flexibility index (Phi) is 3.81. The molecule has 0 saturated carbocycles. The Morgan fingerprint density at radius 2 is 1.89 bits per heavy atom. The maximum absolute atomic E-state index is 10.5. The van der Waals surface area contributed by atoms with E-state index in [1.807, 2.05) is 18.2 Å². The van der Waals surface area contributed by atoms with Crippen LogP contribution in [0.1, 0.15) is 18.2 Å². The van der Waals surface area contributed by atoms with Crippen LogP contribution >= 0.6 is 0 Å². The van der Waals surface area contributed by atoms with Gasteiger partial charge in [0.15, 0.2) is 11.5 Å². The topological polar surface area (TPSA) is 51.8 Å². The molecule has 0 radical (unpaired) electrons. The quantitative estimate of drug-likeness (QED) is 0.900. The van der Waals surface area contributed by atoms with Crippen LogP contribution in [0.2, 0.25) is 0 Å². The number of hydrogen-bond acceptors (Lipinski definition) is 4. The van der Waals surface area contributed by atoms with E-state index in [1.165, 1.54) is 0 Å². The van der Waals surface area contributed by atoms with Crippen molar-refractivity contribution in [3.63, 3.8) is 0 Å². The summed E-state index contributed by atoms with van der Waals surface area (Å²) in [5.41, 5.74) is -0.109. The van der Waals surface area contributed by atoms with Crippen molar-refractivity contribution in [1.29, 1.82) is 0 Å². The molecule has 0 bridgehead atoms. The van der Waals surface area contributed by atoms with Gasteiger partial charge in [-0.25, -0.2) is 0 Å². The fraction of sp³-hybridized carbons (Fsp3) is 0.333. The zero-order valence-corrected chi connectivity index (χ0v) is 11.3. The normalized spacial score (nSPS) is 13.9. The summed E-state index contributed by atoms with van der Waals surface area (Å²) in [4.78, 5) is 0. The standard InChI is InChI=1S/C15H18O4/c1-15(16,14-5-4-8-19-14)10-11-6-7-12(17-2)13(9-11)18-3/h4-9,16H,10H2,1-3H3. The van der Waals surface area contributed by atoms with Gasteiger partial charge in [-0.2, -0.15) is 0 Å². The van der Waals surface area contributed by atoms with Gasteiger partial charge in [-0.15, -0.1) is 0 Å². The van der Waals surface area contributed by atoms with Crippen molar-refractivity contribution in [3.05, 3.63) is 47.9 Å². The van der Waals surface area contributed by atoms with Crippen molar-refractivity contribution in [2.45, 2.75) is 18.9 Å². The Morgan fingerprint density at radius 3 is 2.47 bits per heavy atom. The average molecular weight is 262 g/mol. The van der Waals surface area contributed by atoms with E-state index < -0.39 is 5.60 Å². The molecule has 0 aliphatic carbocycles. The summed E-state index contributed by atoms with van der Waals surface area (Å²) in [5, 5.41) is 10.5. The van der Waals surface area contributed by atoms with Gasteiger partial charge >= 0.3 is 0 Å². The minimum absolute atomic E-state index is 0.431. The Bertz CT molecular complexity index is 529. The first-order valence-corrected chi connectivity index (χ1v) is 6.04. The summed E-state index contributed by atoms with van der Waals surface area (Å²) in [5.74, 6) is 1.86. The third kappa shape index (κ3) is 2.90. The maximum atomic E-state index is 10.5. The second-order valence-electron chi connectivity index (χ2n) is 4.62. The monoisotopic (exact) mass is 262 g/mol. The van der Waals surface area contributed by atoms with Gasteiger partial charge in [-0.3, -0.25) is 0 Å². The van der Waals surface area contributed by atoms with Gasteiger partial charge in [0.1, 0.15) is 11.4 Å². The molecule has 1 aromatic heterocycles. The lowest BCUT2D eigenvalue weighted by Gasteiger charge is -2.21. The van der Waals surface area contributed by atoms with Gasteiger partial charge < -0.3 is 19.0 Å². The summed E-state index contributed by atoms with van der Waals surface area (Å²) in [6.45, 7) is 1.72. The van der Waals surface area contributed by atoms with Crippen LogP contribution in [0.3, 0.4) is 0 Å². The second-order valence-corrected chi connectivity index (χ2v) is 4.62. The van der Waals surface area contributed by atoms with E-state index in [4.69, 9.17) is 13.9 Å². The van der Waals surface area contributed by atoms with Gasteiger partial charge in [-0.1, -0.05) is 6.07 Å². The zero-order valence-electron chi connectivity index (χ0n) is 11.3. The largest absolute Gasteiger partial charge is 0.493 e. The molecule has 102 valence electrons. The lowest BCUT2D eigenvalue weighted by Crippen LogP contribution is -2.23. The molecule has 1 heterocycles. The number of aliphatic hydroxyl groups is 1. The molecule has 0 aliphatic rings. The molecule has 0 spiro atoms. The van der Waals surface area contributed by atoms with Crippen LogP contribution in [0.25, 0.3) is 0 Å². The van der Waals surface area contributed by atoms with Crippen molar-refractivity contribution in [2.75, 3.05) is 14.2 Å². The van der Waals surface area contributed by atoms with Gasteiger partial charge in [0.05, 0.1) is 20.5 Å². The Balaban J connectivity index is 2.24. The van der Waals surface area contributed by atoms with Crippen molar-refractivity contribution in [2.24, 2.45) is 0 Å². The Labute approximate surface area is 112 Å². The summed E-state index contributed by atoms with van der Waals surface area (Å²) in [6, 6.07) is 9.11. The first-order valence-electron chi connectivity index (χ1n) is 6.04. The van der Waals surface area contributed by atoms with Crippen LogP contribution < -0.4 is 9.47 Å². The van der Waals surface area contributed by atoms with Crippen LogP contribution in [0.5, 0.6) is 11.5 Å². The van der Waals surface area contributed by atoms with Crippen LogP contribution in [-0.4, -0.2) is 19.3 Å². The predicted octanol–water partition coefficient (Wildman–Crippen LogP) is 2.75. The number of methoxy groups -OCH3 is 2. The lowest BCUT2D eigenvalue weighted by molar-refractivity contribution is 0.0344. The summed E-state index contributed by atoms with van der Waals surface area (Å²) < 4.78 is 15.7. The molecule has 0 saturated heterocycles. The molecule has 4 nitrogen and oxygen atoms in total. The van der Waals surface area contributed by atoms with Crippen LogP contribution in [0, 0.1) is 0 Å². The van der Waals surface area contributed by atoms with Crippen molar-refractivity contribution in [1.82, 2.24) is 0 Å². The number of hydrogen-bond donors (Lipinski definition) is 1. The van der Waals surface area contributed by atoms with Crippen LogP contribution in [-0.2, 0) is 12.0 Å². The molecule has 1 unspecified atom stereocenters. The maximum Gasteiger partial charge on any atom is 0.160 e. The molecule has 2 aromatic rings. The van der Waals surface area contributed by atoms with Gasteiger partial charge in [0.25, 0.3) is 0 Å². The lowest BCUT2D eigenvalue weighted by atomic mass is 9.94. The van der Waals surface area contributed by atoms with Gasteiger partial charge in [0.2, 0.25) is 0 Å². The fourth-order valence-corrected chi connectivity index (χ4v) is 2.06. The Hall–Kier alpha value is -1.94. The average Bonchev–Trinajstić information content (AvgIpc) is 2.93. The second kappa shape index (κ2) is 5.36. The molecular formula is C15H18O4. The highest BCUT2D eigenvalue weighted by atomic mass is 16.5. The van der Waals surface area contributed by atoms with Crippen molar-refractivity contribution < 1.29 is 19.0 Å². The number of benzene rings is 1. The molecule has 1 N–H and O–H groups in total. The van der Waals surface area contributed by atoms with Gasteiger partial charge in [0, 0.05) is 6.42 Å². The summed E-state index contributed by atoms with van der Waals surface area (Å²) in [6.07, 6.45) is 1.99. The molecule has 0 amide bonds. The SMILES string of the molecule is COc1ccc(CC(C)(O)c2ccco2)cc1OC. The highest BCUT2D eigenvalue weighted by Gasteiger charge is 2.26. The van der Waals surface area contributed by atoms with E-state index in [9.17, 15) is 5.11 Å². The van der Waals surface area contributed by atoms with E-state index in [0.717, 1.165) is 5.56 Å². The van der Waals surface area contributed by atoms with Crippen LogP contribution in [0.15, 0.2) is 41.0 Å². The van der Waals surface area contributed by atoms with E-state index in [2.05, 4.69) is 0 Å². The van der Waals surface area contributed by atoms with E-state index in [-0.39, 0.29) is 0 Å².